The van der Waals surface area contributed by atoms with Crippen LogP contribution < -0.4 is 9.89 Å². The first-order valence-corrected chi connectivity index (χ1v) is 8.00. The Hall–Kier alpha value is -2.74. The molecule has 0 unspecified atom stereocenters. The summed E-state index contributed by atoms with van der Waals surface area (Å²) in [5, 5.41) is 4.58. The van der Waals surface area contributed by atoms with E-state index in [9.17, 15) is 9.59 Å². The highest BCUT2D eigenvalue weighted by Gasteiger charge is 2.39. The van der Waals surface area contributed by atoms with E-state index in [0.717, 1.165) is 0 Å². The number of hydrogen-bond donors (Lipinski definition) is 0. The number of aromatic nitrogens is 2. The number of rotatable bonds is 6. The van der Waals surface area contributed by atoms with Gasteiger partial charge in [-0.2, -0.15) is 0 Å². The fourth-order valence-corrected chi connectivity index (χ4v) is 2.43. The van der Waals surface area contributed by atoms with E-state index in [1.54, 1.807) is 24.3 Å². The molecule has 1 aromatic heterocycles. The molecule has 0 amide bonds. The molecule has 26 heavy (non-hydrogen) atoms. The summed E-state index contributed by atoms with van der Waals surface area (Å²) < 4.78 is 4.89. The molecular weight excluding hydrogens is 383 g/mol. The molecule has 0 saturated heterocycles. The largest absolute Gasteiger partial charge is 0.330 e. The van der Waals surface area contributed by atoms with Crippen LogP contribution in [0.2, 0.25) is 10.0 Å². The molecule has 3 aromatic rings. The van der Waals surface area contributed by atoms with Gasteiger partial charge in [0.2, 0.25) is 11.6 Å². The molecule has 132 valence electrons. The molecular formula is C17H11Cl2N2O5+. The van der Waals surface area contributed by atoms with Crippen LogP contribution in [-0.4, -0.2) is 23.8 Å². The van der Waals surface area contributed by atoms with Crippen molar-refractivity contribution in [2.75, 3.05) is 7.11 Å². The lowest BCUT2D eigenvalue weighted by atomic mass is 10.0. The molecule has 0 fully saturated rings. The van der Waals surface area contributed by atoms with Crippen molar-refractivity contribution in [1.82, 2.24) is 5.16 Å². The molecule has 3 rings (SSSR count). The Morgan fingerprint density at radius 3 is 1.92 bits per heavy atom. The molecule has 0 aliphatic heterocycles. The van der Waals surface area contributed by atoms with Crippen LogP contribution in [0.3, 0.4) is 0 Å². The summed E-state index contributed by atoms with van der Waals surface area (Å²) in [6.45, 7) is 0. The normalized spacial score (nSPS) is 10.6. The van der Waals surface area contributed by atoms with E-state index in [1.807, 2.05) is 0 Å². The summed E-state index contributed by atoms with van der Waals surface area (Å²) in [6.07, 6.45) is 0. The smallest absolute Gasteiger partial charge is 0.284 e. The van der Waals surface area contributed by atoms with Crippen LogP contribution in [0.5, 0.6) is 0 Å². The van der Waals surface area contributed by atoms with E-state index in [4.69, 9.17) is 32.8 Å². The first-order valence-electron chi connectivity index (χ1n) is 7.25. The third-order valence-electron chi connectivity index (χ3n) is 3.40. The van der Waals surface area contributed by atoms with E-state index < -0.39 is 11.6 Å². The Kier molecular flexibility index (Phi) is 5.32. The highest BCUT2D eigenvalue weighted by atomic mass is 35.5. The quantitative estimate of drug-likeness (QED) is 0.363. The summed E-state index contributed by atoms with van der Waals surface area (Å²) in [5.41, 5.74) is 0.0760. The Labute approximate surface area is 157 Å². The second-order valence-corrected chi connectivity index (χ2v) is 5.91. The summed E-state index contributed by atoms with van der Waals surface area (Å²) >= 11 is 11.7. The zero-order valence-corrected chi connectivity index (χ0v) is 14.8. The molecule has 0 atom stereocenters. The Bertz CT molecular complexity index is 952. The summed E-state index contributed by atoms with van der Waals surface area (Å²) in [5.74, 6) is -1.10. The first kappa shape index (κ1) is 18.1. The van der Waals surface area contributed by atoms with Gasteiger partial charge in [-0.15, -0.1) is 9.88 Å². The van der Waals surface area contributed by atoms with Crippen LogP contribution in [0, 0.1) is 0 Å². The van der Waals surface area contributed by atoms with Gasteiger partial charge in [-0.25, -0.2) is 0 Å². The Balaban J connectivity index is 2.06. The van der Waals surface area contributed by atoms with Gasteiger partial charge in [0, 0.05) is 21.2 Å². The van der Waals surface area contributed by atoms with Crippen LogP contribution >= 0.6 is 23.2 Å². The van der Waals surface area contributed by atoms with Gasteiger partial charge in [0.05, 0.1) is 7.11 Å². The van der Waals surface area contributed by atoms with Crippen LogP contribution in [0.4, 0.5) is 0 Å². The third kappa shape index (κ3) is 3.60. The fraction of sp³-hybridized carbons (Fsp3) is 0.0588. The maximum atomic E-state index is 12.9. The Morgan fingerprint density at radius 1 is 0.923 bits per heavy atom. The maximum Gasteiger partial charge on any atom is 0.330 e. The van der Waals surface area contributed by atoms with Crippen molar-refractivity contribution < 1.29 is 29.0 Å². The molecule has 7 nitrogen and oxygen atoms in total. The average molecular weight is 394 g/mol. The lowest BCUT2D eigenvalue weighted by Crippen LogP contribution is -2.46. The number of benzene rings is 2. The minimum absolute atomic E-state index is 0.228. The molecule has 0 bridgehead atoms. The van der Waals surface area contributed by atoms with Gasteiger partial charge in [-0.05, 0) is 53.2 Å². The lowest BCUT2D eigenvalue weighted by Gasteiger charge is -1.99. The van der Waals surface area contributed by atoms with E-state index in [2.05, 4.69) is 10.0 Å². The van der Waals surface area contributed by atoms with Crippen LogP contribution in [0.25, 0.3) is 0 Å². The van der Waals surface area contributed by atoms with E-state index in [1.165, 1.54) is 31.4 Å². The molecule has 0 aliphatic carbocycles. The zero-order chi connectivity index (χ0) is 18.7. The molecule has 0 N–H and O–H groups in total. The standard InChI is InChI=1S/C17H11Cl2N2O5/c1-24-26-21-15(17(23)11-4-8-13(19)9-5-11)14(20-25-21)16(22)10-2-6-12(18)7-3-10/h2-9H,1H3/q+1. The molecule has 1 heterocycles. The van der Waals surface area contributed by atoms with Crippen LogP contribution in [-0.2, 0) is 4.89 Å². The molecule has 9 heteroatoms. The summed E-state index contributed by atoms with van der Waals surface area (Å²) in [7, 11) is 1.22. The van der Waals surface area contributed by atoms with Crippen LogP contribution in [0.1, 0.15) is 32.1 Å². The molecule has 2 aromatic carbocycles. The van der Waals surface area contributed by atoms with Crippen molar-refractivity contribution in [2.45, 2.75) is 0 Å². The number of carbonyl (C=O) groups excluding carboxylic acids is 2. The number of ketones is 2. The van der Waals surface area contributed by atoms with E-state index in [0.29, 0.717) is 14.9 Å². The van der Waals surface area contributed by atoms with Crippen molar-refractivity contribution in [3.05, 3.63) is 81.1 Å². The SMILES string of the molecule is COO[n+]1onc(C(=O)c2ccc(Cl)cc2)c1C(=O)c1ccc(Cl)cc1. The zero-order valence-electron chi connectivity index (χ0n) is 13.3. The minimum atomic E-state index is -0.558. The minimum Gasteiger partial charge on any atom is -0.284 e. The Morgan fingerprint density at radius 2 is 1.42 bits per heavy atom. The van der Waals surface area contributed by atoms with Gasteiger partial charge in [-0.3, -0.25) is 9.59 Å². The maximum absolute atomic E-state index is 12.9. The topological polar surface area (TPSA) is 82.5 Å². The molecule has 0 spiro atoms. The summed E-state index contributed by atoms with van der Waals surface area (Å²) in [4.78, 5) is 35.5. The predicted octanol–water partition coefficient (Wildman–Crippen LogP) is 2.72. The molecule has 0 saturated carbocycles. The number of hydrogen-bond acceptors (Lipinski definition) is 6. The van der Waals surface area contributed by atoms with Gasteiger partial charge in [0.15, 0.2) is 10.1 Å². The van der Waals surface area contributed by atoms with Crippen molar-refractivity contribution in [3.8, 4) is 0 Å². The lowest BCUT2D eigenvalue weighted by molar-refractivity contribution is -1.07. The monoisotopic (exact) mass is 393 g/mol. The fourth-order valence-electron chi connectivity index (χ4n) is 2.18. The van der Waals surface area contributed by atoms with Gasteiger partial charge in [0.1, 0.15) is 0 Å². The third-order valence-corrected chi connectivity index (χ3v) is 3.90. The van der Waals surface area contributed by atoms with Gasteiger partial charge in [-0.1, -0.05) is 23.2 Å². The van der Waals surface area contributed by atoms with E-state index in [-0.39, 0.29) is 22.5 Å². The highest BCUT2D eigenvalue weighted by Crippen LogP contribution is 2.17. The average Bonchev–Trinajstić information content (AvgIpc) is 3.06. The molecule has 0 aliphatic rings. The summed E-state index contributed by atoms with van der Waals surface area (Å²) in [6, 6.07) is 12.2. The highest BCUT2D eigenvalue weighted by molar-refractivity contribution is 6.31. The predicted molar refractivity (Wildman–Crippen MR) is 90.1 cm³/mol. The van der Waals surface area contributed by atoms with Gasteiger partial charge < -0.3 is 0 Å². The van der Waals surface area contributed by atoms with Crippen molar-refractivity contribution >= 4 is 34.8 Å². The van der Waals surface area contributed by atoms with Crippen LogP contribution in [0.15, 0.2) is 53.2 Å². The van der Waals surface area contributed by atoms with Crippen molar-refractivity contribution in [1.29, 1.82) is 0 Å². The first-order chi connectivity index (χ1) is 12.5. The second-order valence-electron chi connectivity index (χ2n) is 5.04. The number of nitrogens with zero attached hydrogens (tertiary/aromatic N) is 2. The van der Waals surface area contributed by atoms with Crippen molar-refractivity contribution in [2.24, 2.45) is 0 Å². The van der Waals surface area contributed by atoms with E-state index >= 15 is 0 Å². The number of halogens is 2. The van der Waals surface area contributed by atoms with Crippen molar-refractivity contribution in [3.63, 3.8) is 0 Å². The second kappa shape index (κ2) is 7.65. The molecule has 0 radical (unpaired) electrons. The van der Waals surface area contributed by atoms with Gasteiger partial charge >= 0.3 is 11.4 Å². The number of carbonyl (C=O) groups is 2. The van der Waals surface area contributed by atoms with Gasteiger partial charge in [0.25, 0.3) is 0 Å².